The minimum Gasteiger partial charge on any atom is -0.478 e. The summed E-state index contributed by atoms with van der Waals surface area (Å²) in [5, 5.41) is 24.0. The average Bonchev–Trinajstić information content (AvgIpc) is 2.55. The Morgan fingerprint density at radius 3 is 2.50 bits per heavy atom. The molecule has 0 spiro atoms. The Bertz CT molecular complexity index is 750. The van der Waals surface area contributed by atoms with Gasteiger partial charge in [-0.15, -0.1) is 0 Å². The lowest BCUT2D eigenvalue weighted by Crippen LogP contribution is -2.18. The summed E-state index contributed by atoms with van der Waals surface area (Å²) in [5.41, 5.74) is -0.244. The Balaban J connectivity index is 2.57. The van der Waals surface area contributed by atoms with Gasteiger partial charge in [-0.1, -0.05) is 36.9 Å². The maximum atomic E-state index is 11.6. The topological polar surface area (TPSA) is 92.5 Å². The van der Waals surface area contributed by atoms with E-state index in [-0.39, 0.29) is 23.0 Å². The van der Waals surface area contributed by atoms with Crippen LogP contribution in [-0.2, 0) is 0 Å². The van der Waals surface area contributed by atoms with Crippen molar-refractivity contribution in [2.45, 2.75) is 36.1 Å². The lowest BCUT2D eigenvalue weighted by Gasteiger charge is -2.17. The van der Waals surface area contributed by atoms with Crippen LogP contribution in [0.2, 0.25) is 0 Å². The molecule has 0 saturated carbocycles. The van der Waals surface area contributed by atoms with Crippen molar-refractivity contribution in [1.82, 2.24) is 0 Å². The van der Waals surface area contributed by atoms with E-state index in [1.165, 1.54) is 23.9 Å². The second-order valence-corrected chi connectivity index (χ2v) is 6.38. The van der Waals surface area contributed by atoms with Gasteiger partial charge in [0.2, 0.25) is 0 Å². The van der Waals surface area contributed by atoms with Gasteiger partial charge in [-0.3, -0.25) is 10.1 Å². The number of nitro benzene ring substituents is 1. The number of benzene rings is 2. The lowest BCUT2D eigenvalue weighted by atomic mass is 10.1. The van der Waals surface area contributed by atoms with Gasteiger partial charge in [0, 0.05) is 10.9 Å². The van der Waals surface area contributed by atoms with Crippen LogP contribution in [-0.4, -0.2) is 22.0 Å². The summed E-state index contributed by atoms with van der Waals surface area (Å²) in [6.07, 6.45) is 0.715. The van der Waals surface area contributed by atoms with Crippen LogP contribution >= 0.6 is 11.8 Å². The molecular formula is C17H18N2O4S. The van der Waals surface area contributed by atoms with Crippen molar-refractivity contribution in [3.05, 3.63) is 58.1 Å². The molecule has 0 fully saturated rings. The number of rotatable bonds is 7. The largest absolute Gasteiger partial charge is 0.478 e. The molecule has 1 atom stereocenters. The van der Waals surface area contributed by atoms with E-state index in [4.69, 9.17) is 0 Å². The van der Waals surface area contributed by atoms with Gasteiger partial charge in [-0.05, 0) is 37.6 Å². The van der Waals surface area contributed by atoms with E-state index in [1.54, 1.807) is 0 Å². The third-order valence-corrected chi connectivity index (χ3v) is 4.59. The molecule has 2 aromatic carbocycles. The van der Waals surface area contributed by atoms with Crippen molar-refractivity contribution in [1.29, 1.82) is 0 Å². The summed E-state index contributed by atoms with van der Waals surface area (Å²) in [6, 6.07) is 12.1. The molecule has 0 aromatic heterocycles. The molecule has 7 heteroatoms. The van der Waals surface area contributed by atoms with Crippen LogP contribution in [0.3, 0.4) is 0 Å². The number of nitrogens with zero attached hydrogens (tertiary/aromatic N) is 1. The molecule has 0 heterocycles. The van der Waals surface area contributed by atoms with Crippen LogP contribution in [0.1, 0.15) is 30.6 Å². The predicted molar refractivity (Wildman–Crippen MR) is 94.0 cm³/mol. The molecule has 0 radical (unpaired) electrons. The summed E-state index contributed by atoms with van der Waals surface area (Å²) in [6.45, 7) is 3.78. The summed E-state index contributed by atoms with van der Waals surface area (Å²) in [5.74, 6) is -1.19. The number of anilines is 1. The number of carboxylic acids is 1. The van der Waals surface area contributed by atoms with Gasteiger partial charge in [0.25, 0.3) is 0 Å². The van der Waals surface area contributed by atoms with E-state index >= 15 is 0 Å². The maximum Gasteiger partial charge on any atom is 0.338 e. The van der Waals surface area contributed by atoms with Gasteiger partial charge in [-0.2, -0.15) is 0 Å². The van der Waals surface area contributed by atoms with Crippen LogP contribution in [0.5, 0.6) is 0 Å². The zero-order chi connectivity index (χ0) is 17.7. The SMILES string of the molecule is CCC(C)Nc1c(C(=O)O)ccc(Sc2ccccc2)c1[N+](=O)[O-]. The van der Waals surface area contributed by atoms with Crippen molar-refractivity contribution in [2.75, 3.05) is 5.32 Å². The smallest absolute Gasteiger partial charge is 0.338 e. The van der Waals surface area contributed by atoms with Crippen LogP contribution in [0.25, 0.3) is 0 Å². The lowest BCUT2D eigenvalue weighted by molar-refractivity contribution is -0.386. The molecule has 0 aliphatic rings. The molecule has 6 nitrogen and oxygen atoms in total. The molecule has 0 aliphatic heterocycles. The highest BCUT2D eigenvalue weighted by atomic mass is 32.2. The molecule has 2 N–H and O–H groups in total. The Morgan fingerprint density at radius 2 is 1.96 bits per heavy atom. The van der Waals surface area contributed by atoms with Gasteiger partial charge < -0.3 is 10.4 Å². The fraction of sp³-hybridized carbons (Fsp3) is 0.235. The van der Waals surface area contributed by atoms with Gasteiger partial charge in [0.15, 0.2) is 0 Å². The quantitative estimate of drug-likeness (QED) is 0.560. The predicted octanol–water partition coefficient (Wildman–Crippen LogP) is 4.65. The second-order valence-electron chi connectivity index (χ2n) is 5.27. The molecule has 2 rings (SSSR count). The fourth-order valence-corrected chi connectivity index (χ4v) is 3.08. The number of nitro groups is 1. The van der Waals surface area contributed by atoms with E-state index in [0.717, 1.165) is 4.90 Å². The third kappa shape index (κ3) is 4.05. The van der Waals surface area contributed by atoms with Crippen molar-refractivity contribution >= 4 is 29.1 Å². The van der Waals surface area contributed by atoms with Crippen molar-refractivity contribution in [3.8, 4) is 0 Å². The van der Waals surface area contributed by atoms with Crippen LogP contribution in [0.15, 0.2) is 52.3 Å². The average molecular weight is 346 g/mol. The number of carbonyl (C=O) groups is 1. The number of hydrogen-bond acceptors (Lipinski definition) is 5. The minimum absolute atomic E-state index is 0.0581. The van der Waals surface area contributed by atoms with Crippen molar-refractivity contribution < 1.29 is 14.8 Å². The van der Waals surface area contributed by atoms with Crippen LogP contribution in [0.4, 0.5) is 11.4 Å². The molecule has 1 unspecified atom stereocenters. The van der Waals surface area contributed by atoms with Crippen LogP contribution in [0, 0.1) is 10.1 Å². The van der Waals surface area contributed by atoms with Gasteiger partial charge in [-0.25, -0.2) is 4.79 Å². The number of nitrogens with one attached hydrogen (secondary N) is 1. The van der Waals surface area contributed by atoms with Crippen LogP contribution < -0.4 is 5.32 Å². The van der Waals surface area contributed by atoms with Gasteiger partial charge in [0.1, 0.15) is 5.69 Å². The highest BCUT2D eigenvalue weighted by molar-refractivity contribution is 7.99. The summed E-state index contributed by atoms with van der Waals surface area (Å²) in [7, 11) is 0. The number of hydrogen-bond donors (Lipinski definition) is 2. The van der Waals surface area contributed by atoms with Gasteiger partial charge >= 0.3 is 11.7 Å². The number of carboxylic acid groups (broad SMARTS) is 1. The molecule has 0 saturated heterocycles. The second kappa shape index (κ2) is 7.83. The first kappa shape index (κ1) is 17.8. The molecular weight excluding hydrogens is 328 g/mol. The Labute approximate surface area is 144 Å². The van der Waals surface area contributed by atoms with E-state index in [1.807, 2.05) is 44.2 Å². The number of aromatic carboxylic acids is 1. The Morgan fingerprint density at radius 1 is 1.29 bits per heavy atom. The fourth-order valence-electron chi connectivity index (χ4n) is 2.12. The molecule has 0 aliphatic carbocycles. The van der Waals surface area contributed by atoms with E-state index in [0.29, 0.717) is 11.3 Å². The Hall–Kier alpha value is -2.54. The first-order valence-electron chi connectivity index (χ1n) is 7.48. The molecule has 126 valence electrons. The van der Waals surface area contributed by atoms with Crippen molar-refractivity contribution in [2.24, 2.45) is 0 Å². The first-order chi connectivity index (χ1) is 11.4. The van der Waals surface area contributed by atoms with E-state index in [9.17, 15) is 20.0 Å². The molecule has 0 bridgehead atoms. The minimum atomic E-state index is -1.19. The highest BCUT2D eigenvalue weighted by Crippen LogP contribution is 2.41. The van der Waals surface area contributed by atoms with E-state index in [2.05, 4.69) is 5.32 Å². The standard InChI is InChI=1S/C17H18N2O4S/c1-3-11(2)18-15-13(17(20)21)9-10-14(16(15)19(22)23)24-12-7-5-4-6-8-12/h4-11,18H,3H2,1-2H3,(H,20,21). The van der Waals surface area contributed by atoms with E-state index < -0.39 is 10.9 Å². The summed E-state index contributed by atoms with van der Waals surface area (Å²) in [4.78, 5) is 23.8. The van der Waals surface area contributed by atoms with Gasteiger partial charge in [0.05, 0.1) is 15.4 Å². The Kier molecular flexibility index (Phi) is 5.81. The molecule has 24 heavy (non-hydrogen) atoms. The summed E-state index contributed by atoms with van der Waals surface area (Å²) < 4.78 is 0. The zero-order valence-electron chi connectivity index (χ0n) is 13.4. The highest BCUT2D eigenvalue weighted by Gasteiger charge is 2.27. The normalized spacial score (nSPS) is 11.8. The summed E-state index contributed by atoms with van der Waals surface area (Å²) >= 11 is 1.24. The third-order valence-electron chi connectivity index (χ3n) is 3.53. The zero-order valence-corrected chi connectivity index (χ0v) is 14.2. The molecule has 0 amide bonds. The molecule has 2 aromatic rings. The monoisotopic (exact) mass is 346 g/mol. The first-order valence-corrected chi connectivity index (χ1v) is 8.29. The van der Waals surface area contributed by atoms with Crippen molar-refractivity contribution in [3.63, 3.8) is 0 Å². The maximum absolute atomic E-state index is 11.6.